The number of carbonyl (C=O) groups is 2. The summed E-state index contributed by atoms with van der Waals surface area (Å²) in [5, 5.41) is 5.58. The number of nitrogens with zero attached hydrogens (tertiary/aromatic N) is 1. The number of rotatable bonds is 6. The zero-order valence-electron chi connectivity index (χ0n) is 11.5. The molecule has 1 heterocycles. The molecule has 0 bridgehead atoms. The maximum Gasteiger partial charge on any atom is 0.329 e. The fourth-order valence-corrected chi connectivity index (χ4v) is 1.54. The Kier molecular flexibility index (Phi) is 5.50. The SMILES string of the molecule is COC(=O)C(CNC(C)c1ncc(C)o1)NC(C)=O. The molecular weight excluding hydrogens is 250 g/mol. The molecule has 1 aromatic rings. The first-order valence-electron chi connectivity index (χ1n) is 5.94. The second-order valence-corrected chi connectivity index (χ2v) is 4.22. The summed E-state index contributed by atoms with van der Waals surface area (Å²) in [6.45, 7) is 5.23. The molecule has 0 radical (unpaired) electrons. The van der Waals surface area contributed by atoms with Gasteiger partial charge >= 0.3 is 5.97 Å². The summed E-state index contributed by atoms with van der Waals surface area (Å²) in [4.78, 5) is 26.6. The van der Waals surface area contributed by atoms with E-state index in [1.165, 1.54) is 14.0 Å². The minimum atomic E-state index is -0.735. The van der Waals surface area contributed by atoms with Crippen molar-refractivity contribution in [2.75, 3.05) is 13.7 Å². The first-order valence-corrected chi connectivity index (χ1v) is 5.94. The van der Waals surface area contributed by atoms with Crippen LogP contribution < -0.4 is 10.6 Å². The molecule has 7 heteroatoms. The Morgan fingerprint density at radius 1 is 1.53 bits per heavy atom. The normalized spacial score (nSPS) is 13.7. The maximum absolute atomic E-state index is 11.5. The lowest BCUT2D eigenvalue weighted by atomic mass is 10.2. The Balaban J connectivity index is 2.55. The topological polar surface area (TPSA) is 93.5 Å². The zero-order chi connectivity index (χ0) is 14.4. The van der Waals surface area contributed by atoms with Gasteiger partial charge in [0, 0.05) is 13.5 Å². The van der Waals surface area contributed by atoms with Crippen molar-refractivity contribution in [1.29, 1.82) is 0 Å². The van der Waals surface area contributed by atoms with Gasteiger partial charge in [-0.3, -0.25) is 4.79 Å². The van der Waals surface area contributed by atoms with E-state index in [1.807, 2.05) is 6.92 Å². The van der Waals surface area contributed by atoms with Gasteiger partial charge in [-0.2, -0.15) is 0 Å². The maximum atomic E-state index is 11.5. The summed E-state index contributed by atoms with van der Waals surface area (Å²) in [5.74, 6) is 0.453. The Morgan fingerprint density at radius 3 is 2.68 bits per heavy atom. The predicted molar refractivity (Wildman–Crippen MR) is 67.3 cm³/mol. The van der Waals surface area contributed by atoms with Crippen LogP contribution in [-0.4, -0.2) is 36.6 Å². The van der Waals surface area contributed by atoms with Gasteiger partial charge in [-0.1, -0.05) is 0 Å². The van der Waals surface area contributed by atoms with Gasteiger partial charge in [0.2, 0.25) is 11.8 Å². The van der Waals surface area contributed by atoms with E-state index < -0.39 is 12.0 Å². The summed E-state index contributed by atoms with van der Waals surface area (Å²) in [5.41, 5.74) is 0. The van der Waals surface area contributed by atoms with Crippen molar-refractivity contribution >= 4 is 11.9 Å². The van der Waals surface area contributed by atoms with Crippen LogP contribution in [0.2, 0.25) is 0 Å². The van der Waals surface area contributed by atoms with Crippen molar-refractivity contribution in [1.82, 2.24) is 15.6 Å². The summed E-state index contributed by atoms with van der Waals surface area (Å²) >= 11 is 0. The van der Waals surface area contributed by atoms with E-state index in [0.29, 0.717) is 5.89 Å². The number of aryl methyl sites for hydroxylation is 1. The monoisotopic (exact) mass is 269 g/mol. The number of oxazole rings is 1. The van der Waals surface area contributed by atoms with Crippen LogP contribution in [-0.2, 0) is 14.3 Å². The fourth-order valence-electron chi connectivity index (χ4n) is 1.54. The highest BCUT2D eigenvalue weighted by atomic mass is 16.5. The van der Waals surface area contributed by atoms with E-state index >= 15 is 0 Å². The van der Waals surface area contributed by atoms with Crippen LogP contribution in [0.25, 0.3) is 0 Å². The quantitative estimate of drug-likeness (QED) is 0.722. The second-order valence-electron chi connectivity index (χ2n) is 4.22. The van der Waals surface area contributed by atoms with E-state index in [4.69, 9.17) is 4.42 Å². The van der Waals surface area contributed by atoms with Gasteiger partial charge in [0.05, 0.1) is 19.3 Å². The average Bonchev–Trinajstić information content (AvgIpc) is 2.79. The standard InChI is InChI=1S/C12H19N3O4/c1-7-5-14-11(19-7)8(2)13-6-10(12(17)18-4)15-9(3)16/h5,8,10,13H,6H2,1-4H3,(H,15,16). The van der Waals surface area contributed by atoms with Crippen LogP contribution in [0.1, 0.15) is 31.5 Å². The largest absolute Gasteiger partial charge is 0.467 e. The highest BCUT2D eigenvalue weighted by Gasteiger charge is 2.21. The second kappa shape index (κ2) is 6.89. The van der Waals surface area contributed by atoms with Crippen LogP contribution in [0.3, 0.4) is 0 Å². The number of methoxy groups -OCH3 is 1. The van der Waals surface area contributed by atoms with Gasteiger partial charge in [-0.25, -0.2) is 9.78 Å². The van der Waals surface area contributed by atoms with Crippen LogP contribution in [0.5, 0.6) is 0 Å². The fraction of sp³-hybridized carbons (Fsp3) is 0.583. The molecule has 0 spiro atoms. The number of nitrogens with one attached hydrogen (secondary N) is 2. The highest BCUT2D eigenvalue weighted by molar-refractivity contribution is 5.83. The third-order valence-corrected chi connectivity index (χ3v) is 2.50. The summed E-state index contributed by atoms with van der Waals surface area (Å²) in [7, 11) is 1.28. The van der Waals surface area contributed by atoms with Gasteiger partial charge in [-0.05, 0) is 13.8 Å². The molecule has 0 saturated heterocycles. The van der Waals surface area contributed by atoms with Crippen molar-refractivity contribution in [2.24, 2.45) is 0 Å². The third kappa shape index (κ3) is 4.70. The van der Waals surface area contributed by atoms with Crippen LogP contribution >= 0.6 is 0 Å². The first kappa shape index (κ1) is 15.2. The number of esters is 1. The van der Waals surface area contributed by atoms with Crippen molar-refractivity contribution in [2.45, 2.75) is 32.9 Å². The molecule has 0 aliphatic rings. The number of hydrogen-bond donors (Lipinski definition) is 2. The summed E-state index contributed by atoms with van der Waals surface area (Å²) in [6, 6.07) is -0.907. The predicted octanol–water partition coefficient (Wildman–Crippen LogP) is 0.311. The van der Waals surface area contributed by atoms with Gasteiger partial charge in [0.15, 0.2) is 0 Å². The Bertz CT molecular complexity index is 444. The van der Waals surface area contributed by atoms with E-state index in [9.17, 15) is 9.59 Å². The van der Waals surface area contributed by atoms with Crippen molar-refractivity contribution < 1.29 is 18.7 Å². The number of hydrogen-bond acceptors (Lipinski definition) is 6. The zero-order valence-corrected chi connectivity index (χ0v) is 11.5. The molecule has 7 nitrogen and oxygen atoms in total. The molecule has 1 amide bonds. The highest BCUT2D eigenvalue weighted by Crippen LogP contribution is 2.11. The Labute approximate surface area is 111 Å². The molecule has 0 aliphatic heterocycles. The molecule has 0 saturated carbocycles. The summed E-state index contributed by atoms with van der Waals surface area (Å²) in [6.07, 6.45) is 1.62. The molecule has 0 aromatic carbocycles. The minimum Gasteiger partial charge on any atom is -0.467 e. The average molecular weight is 269 g/mol. The van der Waals surface area contributed by atoms with E-state index in [1.54, 1.807) is 13.1 Å². The number of amides is 1. The van der Waals surface area contributed by atoms with Gasteiger partial charge in [0.25, 0.3) is 0 Å². The molecule has 2 atom stereocenters. The molecular formula is C12H19N3O4. The molecule has 2 N–H and O–H groups in total. The van der Waals surface area contributed by atoms with E-state index in [-0.39, 0.29) is 18.5 Å². The first-order chi connectivity index (χ1) is 8.93. The van der Waals surface area contributed by atoms with Gasteiger partial charge < -0.3 is 19.8 Å². The lowest BCUT2D eigenvalue weighted by Gasteiger charge is -2.18. The number of aromatic nitrogens is 1. The lowest BCUT2D eigenvalue weighted by Crippen LogP contribution is -2.47. The van der Waals surface area contributed by atoms with Crippen molar-refractivity contribution in [3.63, 3.8) is 0 Å². The smallest absolute Gasteiger partial charge is 0.329 e. The Hall–Kier alpha value is -1.89. The van der Waals surface area contributed by atoms with Crippen LogP contribution in [0, 0.1) is 6.92 Å². The number of ether oxygens (including phenoxy) is 1. The number of carbonyl (C=O) groups excluding carboxylic acids is 2. The molecule has 1 aromatic heterocycles. The molecule has 19 heavy (non-hydrogen) atoms. The van der Waals surface area contributed by atoms with E-state index in [0.717, 1.165) is 5.76 Å². The molecule has 1 rings (SSSR count). The van der Waals surface area contributed by atoms with Crippen LogP contribution in [0.15, 0.2) is 10.6 Å². The molecule has 0 aliphatic carbocycles. The van der Waals surface area contributed by atoms with Crippen molar-refractivity contribution in [3.05, 3.63) is 17.8 Å². The van der Waals surface area contributed by atoms with Gasteiger partial charge in [0.1, 0.15) is 11.8 Å². The van der Waals surface area contributed by atoms with Gasteiger partial charge in [-0.15, -0.1) is 0 Å². The Morgan fingerprint density at radius 2 is 2.21 bits per heavy atom. The van der Waals surface area contributed by atoms with Crippen LogP contribution in [0.4, 0.5) is 0 Å². The molecule has 106 valence electrons. The molecule has 0 fully saturated rings. The lowest BCUT2D eigenvalue weighted by molar-refractivity contribution is -0.144. The van der Waals surface area contributed by atoms with Crippen molar-refractivity contribution in [3.8, 4) is 0 Å². The minimum absolute atomic E-state index is 0.172. The molecule has 2 unspecified atom stereocenters. The summed E-state index contributed by atoms with van der Waals surface area (Å²) < 4.78 is 9.99. The van der Waals surface area contributed by atoms with E-state index in [2.05, 4.69) is 20.4 Å². The third-order valence-electron chi connectivity index (χ3n) is 2.50.